The zero-order valence-corrected chi connectivity index (χ0v) is 21.9. The molecule has 0 saturated carbocycles. The Labute approximate surface area is 223 Å². The first-order chi connectivity index (χ1) is 18.0. The standard InChI is InChI=1S/C30H33ClN2O4/c1-2-3-17-32-30(35)26(18-22-7-5-4-6-8-22)33(20-24-9-13-25(31)14-10-24)29(34)16-12-23-11-15-27-28(19-23)37-21-36-27/h4-11,13-15,19,26H,2-3,12,16-18,20-21H2,1H3,(H,32,35)/t26-/m1/s1. The van der Waals surface area contributed by atoms with Gasteiger partial charge in [-0.3, -0.25) is 9.59 Å². The number of nitrogens with one attached hydrogen (secondary N) is 1. The fraction of sp³-hybridized carbons (Fsp3) is 0.333. The molecule has 2 amide bonds. The second kappa shape index (κ2) is 13.2. The van der Waals surface area contributed by atoms with E-state index in [1.807, 2.05) is 60.7 Å². The molecule has 0 unspecified atom stereocenters. The summed E-state index contributed by atoms with van der Waals surface area (Å²) in [5.41, 5.74) is 2.90. The highest BCUT2D eigenvalue weighted by atomic mass is 35.5. The molecule has 1 aliphatic rings. The lowest BCUT2D eigenvalue weighted by Gasteiger charge is -2.31. The Bertz CT molecular complexity index is 1180. The number of fused-ring (bicyclic) bond motifs is 1. The van der Waals surface area contributed by atoms with Crippen molar-refractivity contribution in [1.82, 2.24) is 10.2 Å². The van der Waals surface area contributed by atoms with Crippen LogP contribution in [0.4, 0.5) is 0 Å². The number of aryl methyl sites for hydroxylation is 1. The molecular formula is C30H33ClN2O4. The van der Waals surface area contributed by atoms with Crippen LogP contribution in [0.25, 0.3) is 0 Å². The van der Waals surface area contributed by atoms with Gasteiger partial charge in [0.25, 0.3) is 0 Å². The fourth-order valence-electron chi connectivity index (χ4n) is 4.34. The molecule has 1 aliphatic heterocycles. The number of unbranched alkanes of at least 4 members (excludes halogenated alkanes) is 1. The van der Waals surface area contributed by atoms with Crippen molar-refractivity contribution >= 4 is 23.4 Å². The van der Waals surface area contributed by atoms with Crippen molar-refractivity contribution in [2.24, 2.45) is 0 Å². The van der Waals surface area contributed by atoms with Crippen LogP contribution in [0.15, 0.2) is 72.8 Å². The van der Waals surface area contributed by atoms with Crippen LogP contribution in [-0.4, -0.2) is 36.1 Å². The number of hydrogen-bond donors (Lipinski definition) is 1. The molecule has 0 spiro atoms. The van der Waals surface area contributed by atoms with Crippen molar-refractivity contribution in [1.29, 1.82) is 0 Å². The summed E-state index contributed by atoms with van der Waals surface area (Å²) in [4.78, 5) is 28.9. The zero-order chi connectivity index (χ0) is 26.0. The van der Waals surface area contributed by atoms with Crippen molar-refractivity contribution in [2.45, 2.75) is 51.6 Å². The number of amides is 2. The second-order valence-corrected chi connectivity index (χ2v) is 9.62. The summed E-state index contributed by atoms with van der Waals surface area (Å²) in [5.74, 6) is 1.19. The number of benzene rings is 3. The number of rotatable bonds is 12. The van der Waals surface area contributed by atoms with Gasteiger partial charge in [-0.1, -0.05) is 73.5 Å². The maximum absolute atomic E-state index is 13.8. The van der Waals surface area contributed by atoms with Gasteiger partial charge in [-0.25, -0.2) is 0 Å². The topological polar surface area (TPSA) is 67.9 Å². The Balaban J connectivity index is 1.57. The molecule has 0 bridgehead atoms. The van der Waals surface area contributed by atoms with Gasteiger partial charge in [0.05, 0.1) is 0 Å². The average Bonchev–Trinajstić information content (AvgIpc) is 3.39. The highest BCUT2D eigenvalue weighted by Crippen LogP contribution is 2.33. The van der Waals surface area contributed by atoms with E-state index in [0.29, 0.717) is 42.5 Å². The van der Waals surface area contributed by atoms with Gasteiger partial charge in [0.15, 0.2) is 11.5 Å². The molecular weight excluding hydrogens is 488 g/mol. The minimum absolute atomic E-state index is 0.0841. The normalized spacial score (nSPS) is 12.7. The van der Waals surface area contributed by atoms with Crippen LogP contribution in [0.2, 0.25) is 5.02 Å². The molecule has 0 saturated heterocycles. The van der Waals surface area contributed by atoms with Crippen LogP contribution in [0.5, 0.6) is 11.5 Å². The molecule has 1 N–H and O–H groups in total. The van der Waals surface area contributed by atoms with E-state index in [0.717, 1.165) is 29.5 Å². The number of hydrogen-bond acceptors (Lipinski definition) is 4. The Morgan fingerprint density at radius 2 is 1.68 bits per heavy atom. The SMILES string of the molecule is CCCCNC(=O)[C@@H](Cc1ccccc1)N(Cc1ccc(Cl)cc1)C(=O)CCc1ccc2c(c1)OCO2. The van der Waals surface area contributed by atoms with E-state index < -0.39 is 6.04 Å². The summed E-state index contributed by atoms with van der Waals surface area (Å²) in [6.45, 7) is 3.19. The summed E-state index contributed by atoms with van der Waals surface area (Å²) in [6, 6.07) is 22.3. The zero-order valence-electron chi connectivity index (χ0n) is 21.1. The van der Waals surface area contributed by atoms with Gasteiger partial charge in [0.2, 0.25) is 18.6 Å². The van der Waals surface area contributed by atoms with Gasteiger partial charge in [0, 0.05) is 31.0 Å². The number of ether oxygens (including phenoxy) is 2. The Morgan fingerprint density at radius 1 is 0.946 bits per heavy atom. The fourth-order valence-corrected chi connectivity index (χ4v) is 4.46. The largest absolute Gasteiger partial charge is 0.454 e. The van der Waals surface area contributed by atoms with Crippen LogP contribution in [0, 0.1) is 0 Å². The minimum Gasteiger partial charge on any atom is -0.454 e. The van der Waals surface area contributed by atoms with Crippen LogP contribution >= 0.6 is 11.6 Å². The molecule has 37 heavy (non-hydrogen) atoms. The van der Waals surface area contributed by atoms with Crippen molar-refractivity contribution in [3.05, 3.63) is 94.5 Å². The van der Waals surface area contributed by atoms with Crippen LogP contribution in [0.1, 0.15) is 42.9 Å². The van der Waals surface area contributed by atoms with Crippen LogP contribution < -0.4 is 14.8 Å². The van der Waals surface area contributed by atoms with E-state index in [4.69, 9.17) is 21.1 Å². The first-order valence-corrected chi connectivity index (χ1v) is 13.2. The number of halogens is 1. The molecule has 0 fully saturated rings. The summed E-state index contributed by atoms with van der Waals surface area (Å²) < 4.78 is 10.9. The molecule has 3 aromatic carbocycles. The van der Waals surface area contributed by atoms with Crippen molar-refractivity contribution in [3.8, 4) is 11.5 Å². The Hall–Kier alpha value is -3.51. The second-order valence-electron chi connectivity index (χ2n) is 9.19. The number of carbonyl (C=O) groups is 2. The van der Waals surface area contributed by atoms with E-state index in [1.165, 1.54) is 0 Å². The van der Waals surface area contributed by atoms with Crippen LogP contribution in [-0.2, 0) is 29.0 Å². The van der Waals surface area contributed by atoms with Gasteiger partial charge in [-0.05, 0) is 53.8 Å². The smallest absolute Gasteiger partial charge is 0.243 e. The van der Waals surface area contributed by atoms with E-state index in [1.54, 1.807) is 17.0 Å². The van der Waals surface area contributed by atoms with Crippen molar-refractivity contribution in [2.75, 3.05) is 13.3 Å². The third-order valence-electron chi connectivity index (χ3n) is 6.43. The lowest BCUT2D eigenvalue weighted by Crippen LogP contribution is -2.50. The first-order valence-electron chi connectivity index (χ1n) is 12.8. The molecule has 0 aromatic heterocycles. The maximum atomic E-state index is 13.8. The van der Waals surface area contributed by atoms with E-state index in [9.17, 15) is 9.59 Å². The Morgan fingerprint density at radius 3 is 2.43 bits per heavy atom. The van der Waals surface area contributed by atoms with Crippen molar-refractivity contribution < 1.29 is 19.1 Å². The molecule has 6 nitrogen and oxygen atoms in total. The predicted molar refractivity (Wildman–Crippen MR) is 145 cm³/mol. The molecule has 4 rings (SSSR count). The van der Waals surface area contributed by atoms with Gasteiger partial charge < -0.3 is 19.7 Å². The quantitative estimate of drug-likeness (QED) is 0.318. The highest BCUT2D eigenvalue weighted by molar-refractivity contribution is 6.30. The number of nitrogens with zero attached hydrogens (tertiary/aromatic N) is 1. The average molecular weight is 521 g/mol. The summed E-state index contributed by atoms with van der Waals surface area (Å²) >= 11 is 6.10. The van der Waals surface area contributed by atoms with E-state index >= 15 is 0 Å². The lowest BCUT2D eigenvalue weighted by molar-refractivity contribution is -0.141. The molecule has 3 aromatic rings. The van der Waals surface area contributed by atoms with Gasteiger partial charge in [0.1, 0.15) is 6.04 Å². The molecule has 1 atom stereocenters. The molecule has 1 heterocycles. The minimum atomic E-state index is -0.640. The van der Waals surface area contributed by atoms with E-state index in [-0.39, 0.29) is 25.0 Å². The molecule has 0 radical (unpaired) electrons. The van der Waals surface area contributed by atoms with Crippen molar-refractivity contribution in [3.63, 3.8) is 0 Å². The molecule has 0 aliphatic carbocycles. The molecule has 194 valence electrons. The Kier molecular flexibility index (Phi) is 9.44. The third-order valence-corrected chi connectivity index (χ3v) is 6.68. The summed E-state index contributed by atoms with van der Waals surface area (Å²) in [5, 5.41) is 3.68. The van der Waals surface area contributed by atoms with E-state index in [2.05, 4.69) is 12.2 Å². The maximum Gasteiger partial charge on any atom is 0.243 e. The summed E-state index contributed by atoms with van der Waals surface area (Å²) in [6.07, 6.45) is 3.09. The summed E-state index contributed by atoms with van der Waals surface area (Å²) in [7, 11) is 0. The van der Waals surface area contributed by atoms with Crippen LogP contribution in [0.3, 0.4) is 0 Å². The van der Waals surface area contributed by atoms with Gasteiger partial charge >= 0.3 is 0 Å². The molecule has 7 heteroatoms. The lowest BCUT2D eigenvalue weighted by atomic mass is 10.0. The highest BCUT2D eigenvalue weighted by Gasteiger charge is 2.30. The monoisotopic (exact) mass is 520 g/mol. The predicted octanol–water partition coefficient (Wildman–Crippen LogP) is 5.56. The van der Waals surface area contributed by atoms with Gasteiger partial charge in [-0.15, -0.1) is 0 Å². The third kappa shape index (κ3) is 7.49. The first kappa shape index (κ1) is 26.6. The number of carbonyl (C=O) groups excluding carboxylic acids is 2. The van der Waals surface area contributed by atoms with Gasteiger partial charge in [-0.2, -0.15) is 0 Å².